The number of furan rings is 1. The van der Waals surface area contributed by atoms with E-state index in [9.17, 15) is 4.79 Å². The predicted octanol–water partition coefficient (Wildman–Crippen LogP) is 3.18. The Morgan fingerprint density at radius 3 is 2.95 bits per heavy atom. The zero-order valence-electron chi connectivity index (χ0n) is 12.2. The Balaban J connectivity index is 1.83. The number of methoxy groups -OCH3 is 1. The molecule has 0 saturated carbocycles. The van der Waals surface area contributed by atoms with Crippen molar-refractivity contribution in [2.75, 3.05) is 20.3 Å². The lowest BCUT2D eigenvalue weighted by molar-refractivity contribution is 0.0680. The van der Waals surface area contributed by atoms with E-state index < -0.39 is 0 Å². The molecule has 0 aliphatic heterocycles. The first kappa shape index (κ1) is 14.7. The molecule has 22 heavy (non-hydrogen) atoms. The van der Waals surface area contributed by atoms with Gasteiger partial charge in [0.2, 0.25) is 0 Å². The highest BCUT2D eigenvalue weighted by atomic mass is 32.1. The van der Waals surface area contributed by atoms with E-state index in [2.05, 4.69) is 4.98 Å². The molecule has 2 heterocycles. The summed E-state index contributed by atoms with van der Waals surface area (Å²) in [5, 5.41) is 0.501. The van der Waals surface area contributed by atoms with Crippen molar-refractivity contribution in [2.24, 2.45) is 0 Å². The van der Waals surface area contributed by atoms with Gasteiger partial charge in [-0.2, -0.15) is 0 Å². The highest BCUT2D eigenvalue weighted by molar-refractivity contribution is 7.20. The quantitative estimate of drug-likeness (QED) is 0.701. The zero-order valence-corrected chi connectivity index (χ0v) is 13.0. The lowest BCUT2D eigenvalue weighted by atomic mass is 10.3. The van der Waals surface area contributed by atoms with E-state index in [-0.39, 0.29) is 5.91 Å². The molecule has 0 radical (unpaired) electrons. The van der Waals surface area contributed by atoms with Gasteiger partial charge in [-0.3, -0.25) is 4.79 Å². The number of aromatic nitrogens is 1. The number of fused-ring (bicyclic) bond motifs is 1. The average Bonchev–Trinajstić information content (AvgIpc) is 3.19. The molecule has 1 aromatic carbocycles. The monoisotopic (exact) mass is 316 g/mol. The number of carbonyl (C=O) groups is 1. The molecule has 0 bridgehead atoms. The van der Waals surface area contributed by atoms with Gasteiger partial charge in [-0.05, 0) is 18.2 Å². The minimum Gasteiger partial charge on any atom is -0.472 e. The molecular formula is C16H16N2O3S. The van der Waals surface area contributed by atoms with Gasteiger partial charge in [0.15, 0.2) is 5.01 Å². The smallest absolute Gasteiger partial charge is 0.283 e. The van der Waals surface area contributed by atoms with Crippen molar-refractivity contribution >= 4 is 27.5 Å². The Bertz CT molecular complexity index is 719. The Kier molecular flexibility index (Phi) is 4.50. The molecule has 0 unspecified atom stereocenters. The van der Waals surface area contributed by atoms with Crippen LogP contribution in [0.25, 0.3) is 10.2 Å². The maximum Gasteiger partial charge on any atom is 0.283 e. The summed E-state index contributed by atoms with van der Waals surface area (Å²) in [5.41, 5.74) is 1.80. The Labute approximate surface area is 132 Å². The first-order chi connectivity index (χ1) is 10.8. The summed E-state index contributed by atoms with van der Waals surface area (Å²) in [6, 6.07) is 9.61. The number of nitrogens with zero attached hydrogens (tertiary/aromatic N) is 2. The van der Waals surface area contributed by atoms with E-state index in [0.717, 1.165) is 15.8 Å². The van der Waals surface area contributed by atoms with Gasteiger partial charge >= 0.3 is 0 Å². The second-order valence-electron chi connectivity index (χ2n) is 4.84. The van der Waals surface area contributed by atoms with E-state index in [4.69, 9.17) is 9.15 Å². The molecule has 6 heteroatoms. The summed E-state index contributed by atoms with van der Waals surface area (Å²) in [6.07, 6.45) is 3.25. The molecule has 114 valence electrons. The van der Waals surface area contributed by atoms with Crippen LogP contribution in [0.15, 0.2) is 47.3 Å². The summed E-state index contributed by atoms with van der Waals surface area (Å²) < 4.78 is 11.2. The van der Waals surface area contributed by atoms with Crippen LogP contribution < -0.4 is 0 Å². The van der Waals surface area contributed by atoms with E-state index in [1.807, 2.05) is 30.3 Å². The first-order valence-electron chi connectivity index (χ1n) is 6.93. The van der Waals surface area contributed by atoms with Crippen LogP contribution in [0.4, 0.5) is 0 Å². The molecule has 0 atom stereocenters. The number of benzene rings is 1. The van der Waals surface area contributed by atoms with Crippen molar-refractivity contribution in [1.82, 2.24) is 9.88 Å². The summed E-state index contributed by atoms with van der Waals surface area (Å²) in [6.45, 7) is 1.47. The molecule has 0 aliphatic rings. The maximum absolute atomic E-state index is 12.7. The lowest BCUT2D eigenvalue weighted by Gasteiger charge is -2.20. The predicted molar refractivity (Wildman–Crippen MR) is 84.9 cm³/mol. The van der Waals surface area contributed by atoms with Gasteiger partial charge in [-0.25, -0.2) is 4.98 Å². The lowest BCUT2D eigenvalue weighted by Crippen LogP contribution is -2.33. The molecule has 0 fully saturated rings. The zero-order chi connectivity index (χ0) is 15.4. The molecule has 0 spiro atoms. The molecule has 3 rings (SSSR count). The molecule has 1 amide bonds. The molecule has 5 nitrogen and oxygen atoms in total. The number of hydrogen-bond acceptors (Lipinski definition) is 5. The van der Waals surface area contributed by atoms with Crippen LogP contribution in [0.2, 0.25) is 0 Å². The van der Waals surface area contributed by atoms with Crippen LogP contribution in [0.3, 0.4) is 0 Å². The van der Waals surface area contributed by atoms with Gasteiger partial charge in [0.1, 0.15) is 0 Å². The fourth-order valence-corrected chi connectivity index (χ4v) is 3.09. The van der Waals surface area contributed by atoms with E-state index in [1.54, 1.807) is 24.5 Å². The van der Waals surface area contributed by atoms with Crippen molar-refractivity contribution in [3.63, 3.8) is 0 Å². The Hall–Kier alpha value is -2.18. The summed E-state index contributed by atoms with van der Waals surface area (Å²) in [7, 11) is 1.62. The number of carbonyl (C=O) groups excluding carboxylic acids is 1. The summed E-state index contributed by atoms with van der Waals surface area (Å²) in [4.78, 5) is 18.9. The van der Waals surface area contributed by atoms with Crippen molar-refractivity contribution in [2.45, 2.75) is 6.54 Å². The minimum absolute atomic E-state index is 0.0838. The number of hydrogen-bond donors (Lipinski definition) is 0. The van der Waals surface area contributed by atoms with Gasteiger partial charge in [0.05, 0.1) is 29.3 Å². The molecule has 0 N–H and O–H groups in total. The third-order valence-electron chi connectivity index (χ3n) is 3.28. The highest BCUT2D eigenvalue weighted by Crippen LogP contribution is 2.23. The Morgan fingerprint density at radius 2 is 2.23 bits per heavy atom. The second kappa shape index (κ2) is 6.72. The third-order valence-corrected chi connectivity index (χ3v) is 4.31. The van der Waals surface area contributed by atoms with Crippen molar-refractivity contribution < 1.29 is 13.9 Å². The van der Waals surface area contributed by atoms with Crippen LogP contribution in [0, 0.1) is 0 Å². The van der Waals surface area contributed by atoms with Crippen molar-refractivity contribution in [3.8, 4) is 0 Å². The number of amides is 1. The fraction of sp³-hybridized carbons (Fsp3) is 0.250. The fourth-order valence-electron chi connectivity index (χ4n) is 2.16. The number of rotatable bonds is 6. The first-order valence-corrected chi connectivity index (χ1v) is 7.74. The van der Waals surface area contributed by atoms with E-state index >= 15 is 0 Å². The van der Waals surface area contributed by atoms with Crippen molar-refractivity contribution in [1.29, 1.82) is 0 Å². The third kappa shape index (κ3) is 3.18. The average molecular weight is 316 g/mol. The maximum atomic E-state index is 12.7. The van der Waals surface area contributed by atoms with Crippen LogP contribution in [-0.4, -0.2) is 36.1 Å². The second-order valence-corrected chi connectivity index (χ2v) is 5.87. The van der Waals surface area contributed by atoms with Crippen molar-refractivity contribution in [3.05, 3.63) is 53.4 Å². The van der Waals surface area contributed by atoms with Gasteiger partial charge in [0, 0.05) is 25.8 Å². The summed E-state index contributed by atoms with van der Waals surface area (Å²) >= 11 is 1.41. The molecular weight excluding hydrogens is 300 g/mol. The number of ether oxygens (including phenoxy) is 1. The highest BCUT2D eigenvalue weighted by Gasteiger charge is 2.20. The van der Waals surface area contributed by atoms with E-state index in [1.165, 1.54) is 11.3 Å². The van der Waals surface area contributed by atoms with Gasteiger partial charge in [-0.1, -0.05) is 12.1 Å². The SMILES string of the molecule is COCCN(Cc1ccoc1)C(=O)c1nc2ccccc2s1. The normalized spacial score (nSPS) is 11.0. The summed E-state index contributed by atoms with van der Waals surface area (Å²) in [5.74, 6) is -0.0838. The van der Waals surface area contributed by atoms with Crippen LogP contribution >= 0.6 is 11.3 Å². The van der Waals surface area contributed by atoms with Gasteiger partial charge in [-0.15, -0.1) is 11.3 Å². The van der Waals surface area contributed by atoms with Crippen LogP contribution in [0.5, 0.6) is 0 Å². The molecule has 2 aromatic heterocycles. The van der Waals surface area contributed by atoms with E-state index in [0.29, 0.717) is 24.7 Å². The largest absolute Gasteiger partial charge is 0.472 e. The van der Waals surface area contributed by atoms with Gasteiger partial charge < -0.3 is 14.1 Å². The molecule has 0 saturated heterocycles. The Morgan fingerprint density at radius 1 is 1.36 bits per heavy atom. The van der Waals surface area contributed by atoms with Crippen LogP contribution in [0.1, 0.15) is 15.4 Å². The molecule has 3 aromatic rings. The van der Waals surface area contributed by atoms with Gasteiger partial charge in [0.25, 0.3) is 5.91 Å². The van der Waals surface area contributed by atoms with Crippen LogP contribution in [-0.2, 0) is 11.3 Å². The number of para-hydroxylation sites is 1. The standard InChI is InChI=1S/C16H16N2O3S/c1-20-9-7-18(10-12-6-8-21-11-12)16(19)15-17-13-4-2-3-5-14(13)22-15/h2-6,8,11H,7,9-10H2,1H3. The number of thiazole rings is 1. The minimum atomic E-state index is -0.0838. The topological polar surface area (TPSA) is 55.6 Å². The molecule has 0 aliphatic carbocycles.